The standard InChI is InChI=1S/C11H12N4O2/c1-13(2)11-7-12-14(8-11)9-3-5-10(6-4-9)15(16)17/h3-8H,1-2H3. The van der Waals surface area contributed by atoms with Gasteiger partial charge in [-0.2, -0.15) is 5.10 Å². The number of hydrogen-bond donors (Lipinski definition) is 0. The van der Waals surface area contributed by atoms with Crippen LogP contribution in [-0.2, 0) is 0 Å². The molecule has 0 bridgehead atoms. The summed E-state index contributed by atoms with van der Waals surface area (Å²) in [6, 6.07) is 6.27. The van der Waals surface area contributed by atoms with Crippen molar-refractivity contribution in [1.29, 1.82) is 0 Å². The average Bonchev–Trinajstić information content (AvgIpc) is 2.78. The monoisotopic (exact) mass is 232 g/mol. The number of benzene rings is 1. The highest BCUT2D eigenvalue weighted by Gasteiger charge is 2.06. The summed E-state index contributed by atoms with van der Waals surface area (Å²) >= 11 is 0. The SMILES string of the molecule is CN(C)c1cnn(-c2ccc([N+](=O)[O-])cc2)c1. The Morgan fingerprint density at radius 2 is 1.94 bits per heavy atom. The van der Waals surface area contributed by atoms with Gasteiger partial charge in [0.15, 0.2) is 0 Å². The summed E-state index contributed by atoms with van der Waals surface area (Å²) in [4.78, 5) is 12.0. The molecule has 0 radical (unpaired) electrons. The first-order valence-electron chi connectivity index (χ1n) is 5.05. The first-order chi connectivity index (χ1) is 8.08. The lowest BCUT2D eigenvalue weighted by molar-refractivity contribution is -0.384. The highest BCUT2D eigenvalue weighted by molar-refractivity contribution is 5.45. The zero-order valence-corrected chi connectivity index (χ0v) is 9.57. The average molecular weight is 232 g/mol. The maximum atomic E-state index is 10.5. The van der Waals surface area contributed by atoms with Gasteiger partial charge in [0.25, 0.3) is 5.69 Å². The Morgan fingerprint density at radius 1 is 1.29 bits per heavy atom. The molecule has 17 heavy (non-hydrogen) atoms. The van der Waals surface area contributed by atoms with E-state index in [2.05, 4.69) is 5.10 Å². The third kappa shape index (κ3) is 2.25. The number of anilines is 1. The van der Waals surface area contributed by atoms with Crippen molar-refractivity contribution >= 4 is 11.4 Å². The van der Waals surface area contributed by atoms with E-state index in [1.165, 1.54) is 12.1 Å². The molecular formula is C11H12N4O2. The van der Waals surface area contributed by atoms with Gasteiger partial charge in [-0.3, -0.25) is 10.1 Å². The van der Waals surface area contributed by atoms with Crippen LogP contribution in [0.1, 0.15) is 0 Å². The Morgan fingerprint density at radius 3 is 2.41 bits per heavy atom. The minimum atomic E-state index is -0.419. The van der Waals surface area contributed by atoms with Gasteiger partial charge in [0.05, 0.1) is 28.7 Å². The molecule has 0 aliphatic carbocycles. The van der Waals surface area contributed by atoms with Gasteiger partial charge in [0.1, 0.15) is 0 Å². The van der Waals surface area contributed by atoms with Crippen LogP contribution in [0.3, 0.4) is 0 Å². The van der Waals surface area contributed by atoms with Crippen LogP contribution in [0.2, 0.25) is 0 Å². The Labute approximate surface area is 98.2 Å². The number of nitro groups is 1. The molecule has 0 N–H and O–H groups in total. The van der Waals surface area contributed by atoms with Crippen LogP contribution in [-0.4, -0.2) is 28.8 Å². The van der Waals surface area contributed by atoms with Gasteiger partial charge < -0.3 is 4.90 Å². The molecular weight excluding hydrogens is 220 g/mol. The molecule has 0 unspecified atom stereocenters. The van der Waals surface area contributed by atoms with Crippen molar-refractivity contribution in [3.63, 3.8) is 0 Å². The second-order valence-electron chi connectivity index (χ2n) is 3.81. The molecule has 0 amide bonds. The van der Waals surface area contributed by atoms with E-state index in [0.29, 0.717) is 0 Å². The van der Waals surface area contributed by atoms with Crippen LogP contribution >= 0.6 is 0 Å². The van der Waals surface area contributed by atoms with Crippen molar-refractivity contribution in [3.05, 3.63) is 46.8 Å². The molecule has 0 saturated carbocycles. The molecule has 2 aromatic rings. The van der Waals surface area contributed by atoms with Crippen LogP contribution < -0.4 is 4.90 Å². The van der Waals surface area contributed by atoms with Crippen LogP contribution in [0.25, 0.3) is 5.69 Å². The predicted octanol–water partition coefficient (Wildman–Crippen LogP) is 1.85. The zero-order chi connectivity index (χ0) is 12.4. The molecule has 0 aliphatic rings. The lowest BCUT2D eigenvalue weighted by atomic mass is 10.3. The molecule has 0 saturated heterocycles. The Kier molecular flexibility index (Phi) is 2.78. The van der Waals surface area contributed by atoms with E-state index in [1.54, 1.807) is 23.0 Å². The van der Waals surface area contributed by atoms with E-state index < -0.39 is 4.92 Å². The second kappa shape index (κ2) is 4.25. The van der Waals surface area contributed by atoms with Gasteiger partial charge in [-0.1, -0.05) is 0 Å². The van der Waals surface area contributed by atoms with E-state index in [4.69, 9.17) is 0 Å². The lowest BCUT2D eigenvalue weighted by Crippen LogP contribution is -2.07. The zero-order valence-electron chi connectivity index (χ0n) is 9.57. The normalized spacial score (nSPS) is 10.2. The topological polar surface area (TPSA) is 64.2 Å². The summed E-state index contributed by atoms with van der Waals surface area (Å²) in [7, 11) is 3.86. The van der Waals surface area contributed by atoms with Gasteiger partial charge in [0.2, 0.25) is 0 Å². The maximum Gasteiger partial charge on any atom is 0.269 e. The first-order valence-corrected chi connectivity index (χ1v) is 5.05. The number of rotatable bonds is 3. The van der Waals surface area contributed by atoms with Gasteiger partial charge in [-0.15, -0.1) is 0 Å². The second-order valence-corrected chi connectivity index (χ2v) is 3.81. The van der Waals surface area contributed by atoms with E-state index in [-0.39, 0.29) is 5.69 Å². The Bertz CT molecular complexity index is 531. The minimum absolute atomic E-state index is 0.0775. The summed E-state index contributed by atoms with van der Waals surface area (Å²) in [5.74, 6) is 0. The molecule has 88 valence electrons. The molecule has 1 aromatic carbocycles. The van der Waals surface area contributed by atoms with Crippen LogP contribution in [0.4, 0.5) is 11.4 Å². The fraction of sp³-hybridized carbons (Fsp3) is 0.182. The number of nitro benzene ring substituents is 1. The summed E-state index contributed by atoms with van der Waals surface area (Å²) in [6.07, 6.45) is 3.60. The van der Waals surface area contributed by atoms with Crippen LogP contribution in [0, 0.1) is 10.1 Å². The van der Waals surface area contributed by atoms with E-state index in [1.807, 2.05) is 25.2 Å². The molecule has 0 aliphatic heterocycles. The van der Waals surface area contributed by atoms with Gasteiger partial charge in [-0.05, 0) is 12.1 Å². The van der Waals surface area contributed by atoms with Crippen molar-refractivity contribution in [1.82, 2.24) is 9.78 Å². The maximum absolute atomic E-state index is 10.5. The Hall–Kier alpha value is -2.37. The molecule has 1 aromatic heterocycles. The lowest BCUT2D eigenvalue weighted by Gasteiger charge is -2.07. The van der Waals surface area contributed by atoms with Gasteiger partial charge in [0, 0.05) is 26.2 Å². The van der Waals surface area contributed by atoms with E-state index in [9.17, 15) is 10.1 Å². The van der Waals surface area contributed by atoms with Gasteiger partial charge >= 0.3 is 0 Å². The molecule has 0 spiro atoms. The summed E-state index contributed by atoms with van der Waals surface area (Å²) in [6.45, 7) is 0. The number of nitrogens with zero attached hydrogens (tertiary/aromatic N) is 4. The number of aromatic nitrogens is 2. The molecule has 1 heterocycles. The van der Waals surface area contributed by atoms with Crippen molar-refractivity contribution in [3.8, 4) is 5.69 Å². The van der Waals surface area contributed by atoms with E-state index >= 15 is 0 Å². The first kappa shape index (κ1) is 11.1. The van der Waals surface area contributed by atoms with Crippen molar-refractivity contribution in [2.45, 2.75) is 0 Å². The fourth-order valence-electron chi connectivity index (χ4n) is 1.41. The summed E-state index contributed by atoms with van der Waals surface area (Å²) < 4.78 is 1.68. The predicted molar refractivity (Wildman–Crippen MR) is 64.5 cm³/mol. The quantitative estimate of drug-likeness (QED) is 0.598. The van der Waals surface area contributed by atoms with Crippen molar-refractivity contribution in [2.24, 2.45) is 0 Å². The third-order valence-electron chi connectivity index (χ3n) is 2.41. The third-order valence-corrected chi connectivity index (χ3v) is 2.41. The highest BCUT2D eigenvalue weighted by Crippen LogP contribution is 2.17. The molecule has 0 atom stereocenters. The van der Waals surface area contributed by atoms with Crippen molar-refractivity contribution < 1.29 is 4.92 Å². The minimum Gasteiger partial charge on any atom is -0.375 e. The van der Waals surface area contributed by atoms with E-state index in [0.717, 1.165) is 11.4 Å². The highest BCUT2D eigenvalue weighted by atomic mass is 16.6. The molecule has 0 fully saturated rings. The summed E-state index contributed by atoms with van der Waals surface area (Å²) in [5, 5.41) is 14.7. The summed E-state index contributed by atoms with van der Waals surface area (Å²) in [5.41, 5.74) is 1.85. The smallest absolute Gasteiger partial charge is 0.269 e. The largest absolute Gasteiger partial charge is 0.375 e. The molecule has 6 nitrogen and oxygen atoms in total. The fourth-order valence-corrected chi connectivity index (χ4v) is 1.41. The van der Waals surface area contributed by atoms with Crippen molar-refractivity contribution in [2.75, 3.05) is 19.0 Å². The molecule has 6 heteroatoms. The van der Waals surface area contributed by atoms with Crippen LogP contribution in [0.15, 0.2) is 36.7 Å². The number of non-ortho nitro benzene ring substituents is 1. The van der Waals surface area contributed by atoms with Gasteiger partial charge in [-0.25, -0.2) is 4.68 Å². The Balaban J connectivity index is 2.30. The van der Waals surface area contributed by atoms with Crippen LogP contribution in [0.5, 0.6) is 0 Å². The number of hydrogen-bond acceptors (Lipinski definition) is 4. The molecule has 2 rings (SSSR count).